The summed E-state index contributed by atoms with van der Waals surface area (Å²) in [7, 11) is 0. The van der Waals surface area contributed by atoms with Crippen LogP contribution in [0.2, 0.25) is 5.02 Å². The molecule has 41 heavy (non-hydrogen) atoms. The standard InChI is InChI=1S/C32H43ClN6O2/c33-30-21-29(11-6-25(30)22-34)41-28-12-8-26(9-13-28)36-32(40)31-14-10-27(37-38-31)7-5-23-1-3-24(4-2-23)15-18-39-19-16-35-17-20-39/h6,10-11,14,21,23-24,26,28,35H,1-5,7-9,12-13,15-20H2,(H,36,40). The number of benzene rings is 1. The molecule has 220 valence electrons. The third-order valence-electron chi connectivity index (χ3n) is 9.16. The number of carbonyl (C=O) groups is 1. The summed E-state index contributed by atoms with van der Waals surface area (Å²) in [5.74, 6) is 2.18. The van der Waals surface area contributed by atoms with Crippen LogP contribution in [0.4, 0.5) is 0 Å². The second-order valence-electron chi connectivity index (χ2n) is 12.0. The van der Waals surface area contributed by atoms with E-state index in [0.29, 0.717) is 22.0 Å². The Bertz CT molecular complexity index is 1160. The van der Waals surface area contributed by atoms with E-state index in [9.17, 15) is 4.79 Å². The maximum absolute atomic E-state index is 12.8. The Kier molecular flexibility index (Phi) is 10.8. The Morgan fingerprint density at radius 2 is 1.73 bits per heavy atom. The van der Waals surface area contributed by atoms with E-state index < -0.39 is 0 Å². The van der Waals surface area contributed by atoms with Crippen LogP contribution in [-0.2, 0) is 6.42 Å². The van der Waals surface area contributed by atoms with Crippen LogP contribution in [0.1, 0.15) is 86.0 Å². The zero-order chi connectivity index (χ0) is 28.4. The molecule has 2 N–H and O–H groups in total. The van der Waals surface area contributed by atoms with Crippen molar-refractivity contribution >= 4 is 17.5 Å². The van der Waals surface area contributed by atoms with Gasteiger partial charge in [0.15, 0.2) is 5.69 Å². The summed E-state index contributed by atoms with van der Waals surface area (Å²) in [6.07, 6.45) is 12.2. The lowest BCUT2D eigenvalue weighted by molar-refractivity contribution is 0.0888. The molecule has 2 saturated carbocycles. The summed E-state index contributed by atoms with van der Waals surface area (Å²) in [4.78, 5) is 15.4. The number of hydrogen-bond acceptors (Lipinski definition) is 7. The van der Waals surface area contributed by atoms with E-state index in [1.807, 2.05) is 12.1 Å². The zero-order valence-electron chi connectivity index (χ0n) is 24.0. The Morgan fingerprint density at radius 3 is 2.39 bits per heavy atom. The normalized spacial score (nSPS) is 25.3. The van der Waals surface area contributed by atoms with E-state index in [2.05, 4.69) is 31.8 Å². The van der Waals surface area contributed by atoms with Gasteiger partial charge >= 0.3 is 0 Å². The van der Waals surface area contributed by atoms with Crippen molar-refractivity contribution in [1.29, 1.82) is 5.26 Å². The first kappa shape index (κ1) is 29.8. The number of nitrogens with zero attached hydrogens (tertiary/aromatic N) is 4. The molecule has 3 aliphatic rings. The van der Waals surface area contributed by atoms with E-state index in [1.165, 1.54) is 51.7 Å². The number of aryl methyl sites for hydroxylation is 1. The molecule has 1 aromatic carbocycles. The molecular weight excluding hydrogens is 536 g/mol. The maximum atomic E-state index is 12.8. The van der Waals surface area contributed by atoms with Gasteiger partial charge in [0, 0.05) is 38.3 Å². The fourth-order valence-electron chi connectivity index (χ4n) is 6.51. The lowest BCUT2D eigenvalue weighted by Gasteiger charge is -2.32. The van der Waals surface area contributed by atoms with Gasteiger partial charge in [0.2, 0.25) is 0 Å². The monoisotopic (exact) mass is 578 g/mol. The number of rotatable bonds is 10. The molecule has 2 heterocycles. The van der Waals surface area contributed by atoms with Crippen molar-refractivity contribution in [2.75, 3.05) is 32.7 Å². The Morgan fingerprint density at radius 1 is 1.00 bits per heavy atom. The van der Waals surface area contributed by atoms with Crippen molar-refractivity contribution in [2.45, 2.75) is 82.8 Å². The predicted octanol–water partition coefficient (Wildman–Crippen LogP) is 5.16. The topological polar surface area (TPSA) is 103 Å². The molecule has 5 rings (SSSR count). The minimum absolute atomic E-state index is 0.0682. The summed E-state index contributed by atoms with van der Waals surface area (Å²) in [5, 5.41) is 24.6. The third-order valence-corrected chi connectivity index (χ3v) is 9.48. The summed E-state index contributed by atoms with van der Waals surface area (Å²) < 4.78 is 6.06. The average molecular weight is 579 g/mol. The highest BCUT2D eigenvalue weighted by atomic mass is 35.5. The number of nitriles is 1. The minimum atomic E-state index is -0.161. The predicted molar refractivity (Wildman–Crippen MR) is 160 cm³/mol. The summed E-state index contributed by atoms with van der Waals surface area (Å²) in [5.41, 5.74) is 1.79. The molecule has 0 spiro atoms. The van der Waals surface area contributed by atoms with Crippen LogP contribution in [0.3, 0.4) is 0 Å². The number of nitrogens with one attached hydrogen (secondary N) is 2. The van der Waals surface area contributed by atoms with E-state index in [1.54, 1.807) is 18.2 Å². The number of hydrogen-bond donors (Lipinski definition) is 2. The van der Waals surface area contributed by atoms with E-state index in [-0.39, 0.29) is 18.1 Å². The third kappa shape index (κ3) is 8.88. The van der Waals surface area contributed by atoms with Crippen LogP contribution in [0.25, 0.3) is 0 Å². The molecule has 3 fully saturated rings. The van der Waals surface area contributed by atoms with Crippen molar-refractivity contribution in [2.24, 2.45) is 11.8 Å². The number of carbonyl (C=O) groups excluding carboxylic acids is 1. The van der Waals surface area contributed by atoms with Crippen molar-refractivity contribution in [3.8, 4) is 11.8 Å². The van der Waals surface area contributed by atoms with Crippen molar-refractivity contribution in [3.63, 3.8) is 0 Å². The quantitative estimate of drug-likeness (QED) is 0.401. The van der Waals surface area contributed by atoms with Gasteiger partial charge in [-0.25, -0.2) is 0 Å². The first-order chi connectivity index (χ1) is 20.1. The van der Waals surface area contributed by atoms with Crippen molar-refractivity contribution in [1.82, 2.24) is 25.7 Å². The SMILES string of the molecule is N#Cc1ccc(OC2CCC(NC(=O)c3ccc(CCC4CCC(CCN5CCNCC5)CC4)nn3)CC2)cc1Cl. The molecule has 9 heteroatoms. The van der Waals surface area contributed by atoms with Gasteiger partial charge in [-0.15, -0.1) is 5.10 Å². The van der Waals surface area contributed by atoms with Gasteiger partial charge in [0.05, 0.1) is 22.4 Å². The summed E-state index contributed by atoms with van der Waals surface area (Å²) >= 11 is 6.12. The Labute approximate surface area is 249 Å². The van der Waals surface area contributed by atoms with Gasteiger partial charge < -0.3 is 20.3 Å². The van der Waals surface area contributed by atoms with Gasteiger partial charge in [-0.1, -0.05) is 37.3 Å². The number of aromatic nitrogens is 2. The van der Waals surface area contributed by atoms with Crippen LogP contribution >= 0.6 is 11.6 Å². The molecule has 1 saturated heterocycles. The number of halogens is 1. The minimum Gasteiger partial charge on any atom is -0.490 e. The molecule has 2 aliphatic carbocycles. The second kappa shape index (κ2) is 14.9. The highest BCUT2D eigenvalue weighted by molar-refractivity contribution is 6.31. The lowest BCUT2D eigenvalue weighted by atomic mass is 9.78. The lowest BCUT2D eigenvalue weighted by Crippen LogP contribution is -2.44. The largest absolute Gasteiger partial charge is 0.490 e. The highest BCUT2D eigenvalue weighted by Crippen LogP contribution is 2.33. The number of amides is 1. The van der Waals surface area contributed by atoms with Crippen LogP contribution in [0, 0.1) is 23.2 Å². The Balaban J connectivity index is 0.973. The number of piperazine rings is 1. The molecule has 1 amide bonds. The van der Waals surface area contributed by atoms with Crippen molar-refractivity contribution in [3.05, 3.63) is 52.3 Å². The molecule has 0 atom stereocenters. The molecule has 1 aliphatic heterocycles. The van der Waals surface area contributed by atoms with Gasteiger partial charge in [0.1, 0.15) is 11.8 Å². The molecule has 0 radical (unpaired) electrons. The first-order valence-electron chi connectivity index (χ1n) is 15.5. The van der Waals surface area contributed by atoms with E-state index in [4.69, 9.17) is 21.6 Å². The molecule has 0 bridgehead atoms. The second-order valence-corrected chi connectivity index (χ2v) is 12.4. The van der Waals surface area contributed by atoms with Crippen molar-refractivity contribution < 1.29 is 9.53 Å². The molecule has 1 aromatic heterocycles. The average Bonchev–Trinajstić information content (AvgIpc) is 3.01. The fraction of sp³-hybridized carbons (Fsp3) is 0.625. The van der Waals surface area contributed by atoms with E-state index in [0.717, 1.165) is 69.1 Å². The van der Waals surface area contributed by atoms with Gasteiger partial charge in [-0.3, -0.25) is 4.79 Å². The molecule has 2 aromatic rings. The van der Waals surface area contributed by atoms with Gasteiger partial charge in [-0.05, 0) is 87.6 Å². The van der Waals surface area contributed by atoms with Crippen LogP contribution < -0.4 is 15.4 Å². The van der Waals surface area contributed by atoms with Crippen LogP contribution in [0.15, 0.2) is 30.3 Å². The highest BCUT2D eigenvalue weighted by Gasteiger charge is 2.25. The van der Waals surface area contributed by atoms with Crippen LogP contribution in [0.5, 0.6) is 5.75 Å². The van der Waals surface area contributed by atoms with Gasteiger partial charge in [-0.2, -0.15) is 10.4 Å². The summed E-state index contributed by atoms with van der Waals surface area (Å²) in [6.45, 7) is 5.93. The maximum Gasteiger partial charge on any atom is 0.272 e. The van der Waals surface area contributed by atoms with Crippen LogP contribution in [-0.4, -0.2) is 65.9 Å². The first-order valence-corrected chi connectivity index (χ1v) is 15.9. The van der Waals surface area contributed by atoms with Gasteiger partial charge in [0.25, 0.3) is 5.91 Å². The Hall–Kier alpha value is -2.73. The fourth-order valence-corrected chi connectivity index (χ4v) is 6.72. The smallest absolute Gasteiger partial charge is 0.272 e. The number of ether oxygens (including phenoxy) is 1. The zero-order valence-corrected chi connectivity index (χ0v) is 24.7. The molecule has 8 nitrogen and oxygen atoms in total. The molecular formula is C32H43ClN6O2. The van der Waals surface area contributed by atoms with E-state index >= 15 is 0 Å². The molecule has 0 unspecified atom stereocenters. The summed E-state index contributed by atoms with van der Waals surface area (Å²) in [6, 6.07) is 11.1.